The van der Waals surface area contributed by atoms with E-state index in [-0.39, 0.29) is 18.8 Å². The van der Waals surface area contributed by atoms with Crippen LogP contribution < -0.4 is 24.3 Å². The van der Waals surface area contributed by atoms with Crippen molar-refractivity contribution in [2.24, 2.45) is 0 Å². The molecule has 9 nitrogen and oxygen atoms in total. The van der Waals surface area contributed by atoms with E-state index in [2.05, 4.69) is 21.9 Å². The molecule has 0 spiro atoms. The lowest BCUT2D eigenvalue weighted by atomic mass is 10.1. The first-order chi connectivity index (χ1) is 16.1. The van der Waals surface area contributed by atoms with Crippen molar-refractivity contribution in [3.8, 4) is 23.0 Å². The van der Waals surface area contributed by atoms with Gasteiger partial charge in [-0.25, -0.2) is 9.97 Å². The molecule has 0 saturated carbocycles. The zero-order valence-corrected chi connectivity index (χ0v) is 18.2. The molecule has 1 fully saturated rings. The molecule has 1 amide bonds. The molecule has 0 unspecified atom stereocenters. The lowest BCUT2D eigenvalue weighted by Gasteiger charge is -2.31. The number of carbonyl (C=O) groups is 1. The van der Waals surface area contributed by atoms with E-state index in [1.165, 1.54) is 12.4 Å². The van der Waals surface area contributed by atoms with Gasteiger partial charge in [0.25, 0.3) is 0 Å². The van der Waals surface area contributed by atoms with E-state index in [4.69, 9.17) is 18.9 Å². The standard InChI is InChI=1S/C24H24N4O5/c1-3-23(29)28-8-6-16(7-9-28)33-22-11-17-18(12-20(22)30-2)25-13-26-24(17)27-15-4-5-19-21(10-15)32-14-31-19/h3-5,10-13,16H,1,6-9,14H2,2H3,(H,25,26,27). The maximum absolute atomic E-state index is 11.8. The molecule has 0 atom stereocenters. The first kappa shape index (κ1) is 20.9. The summed E-state index contributed by atoms with van der Waals surface area (Å²) in [5.41, 5.74) is 1.54. The van der Waals surface area contributed by atoms with E-state index in [0.29, 0.717) is 41.9 Å². The number of fused-ring (bicyclic) bond motifs is 2. The topological polar surface area (TPSA) is 95.0 Å². The van der Waals surface area contributed by atoms with Crippen LogP contribution in [0.2, 0.25) is 0 Å². The predicted molar refractivity (Wildman–Crippen MR) is 122 cm³/mol. The van der Waals surface area contributed by atoms with Crippen molar-refractivity contribution in [3.05, 3.63) is 49.3 Å². The van der Waals surface area contributed by atoms with Gasteiger partial charge < -0.3 is 29.2 Å². The highest BCUT2D eigenvalue weighted by molar-refractivity contribution is 5.93. The summed E-state index contributed by atoms with van der Waals surface area (Å²) in [4.78, 5) is 22.4. The molecule has 170 valence electrons. The average Bonchev–Trinajstić information content (AvgIpc) is 3.32. The number of hydrogen-bond donors (Lipinski definition) is 1. The second-order valence-electron chi connectivity index (χ2n) is 7.78. The van der Waals surface area contributed by atoms with Crippen LogP contribution in [0.5, 0.6) is 23.0 Å². The first-order valence-corrected chi connectivity index (χ1v) is 10.7. The van der Waals surface area contributed by atoms with E-state index < -0.39 is 0 Å². The van der Waals surface area contributed by atoms with E-state index >= 15 is 0 Å². The molecule has 2 aliphatic rings. The molecule has 1 saturated heterocycles. The van der Waals surface area contributed by atoms with Crippen LogP contribution >= 0.6 is 0 Å². The van der Waals surface area contributed by atoms with Crippen LogP contribution in [0.15, 0.2) is 49.3 Å². The summed E-state index contributed by atoms with van der Waals surface area (Å²) in [6, 6.07) is 9.36. The fourth-order valence-electron chi connectivity index (χ4n) is 4.03. The first-order valence-electron chi connectivity index (χ1n) is 10.7. The van der Waals surface area contributed by atoms with Crippen LogP contribution in [0.3, 0.4) is 0 Å². The third-order valence-electron chi connectivity index (χ3n) is 5.78. The summed E-state index contributed by atoms with van der Waals surface area (Å²) in [5.74, 6) is 3.20. The minimum Gasteiger partial charge on any atom is -0.493 e. The molecular formula is C24H24N4O5. The highest BCUT2D eigenvalue weighted by Crippen LogP contribution is 2.38. The number of piperidine rings is 1. The highest BCUT2D eigenvalue weighted by Gasteiger charge is 2.24. The van der Waals surface area contributed by atoms with Crippen LogP contribution in [0.25, 0.3) is 10.9 Å². The molecule has 5 rings (SSSR count). The Morgan fingerprint density at radius 3 is 2.76 bits per heavy atom. The Kier molecular flexibility index (Phi) is 5.60. The second-order valence-corrected chi connectivity index (χ2v) is 7.78. The van der Waals surface area contributed by atoms with Gasteiger partial charge in [-0.05, 0) is 24.3 Å². The number of benzene rings is 2. The van der Waals surface area contributed by atoms with E-state index in [1.54, 1.807) is 12.0 Å². The largest absolute Gasteiger partial charge is 0.493 e. The van der Waals surface area contributed by atoms with Crippen LogP contribution in [-0.4, -0.2) is 53.9 Å². The molecular weight excluding hydrogens is 424 g/mol. The molecule has 2 aliphatic heterocycles. The number of amides is 1. The summed E-state index contributed by atoms with van der Waals surface area (Å²) in [5, 5.41) is 4.13. The van der Waals surface area contributed by atoms with Gasteiger partial charge in [-0.15, -0.1) is 0 Å². The molecule has 0 radical (unpaired) electrons. The predicted octanol–water partition coefficient (Wildman–Crippen LogP) is 3.67. The van der Waals surface area contributed by atoms with Crippen molar-refractivity contribution in [3.63, 3.8) is 0 Å². The average molecular weight is 448 g/mol. The van der Waals surface area contributed by atoms with Crippen molar-refractivity contribution in [2.45, 2.75) is 18.9 Å². The molecule has 1 N–H and O–H groups in total. The van der Waals surface area contributed by atoms with Crippen LogP contribution in [0.1, 0.15) is 12.8 Å². The third kappa shape index (κ3) is 4.21. The molecule has 0 bridgehead atoms. The normalized spacial score (nSPS) is 15.4. The summed E-state index contributed by atoms with van der Waals surface area (Å²) >= 11 is 0. The van der Waals surface area contributed by atoms with Gasteiger partial charge in [0.1, 0.15) is 18.2 Å². The number of aromatic nitrogens is 2. The van der Waals surface area contributed by atoms with Crippen molar-refractivity contribution < 1.29 is 23.7 Å². The number of likely N-dealkylation sites (tertiary alicyclic amines) is 1. The van der Waals surface area contributed by atoms with Gasteiger partial charge in [-0.1, -0.05) is 6.58 Å². The summed E-state index contributed by atoms with van der Waals surface area (Å²) in [7, 11) is 1.60. The number of rotatable bonds is 6. The van der Waals surface area contributed by atoms with Crippen molar-refractivity contribution in [1.82, 2.24) is 14.9 Å². The van der Waals surface area contributed by atoms with Gasteiger partial charge in [0.15, 0.2) is 23.0 Å². The summed E-state index contributed by atoms with van der Waals surface area (Å²) in [6.07, 6.45) is 4.29. The fourth-order valence-corrected chi connectivity index (χ4v) is 4.03. The van der Waals surface area contributed by atoms with E-state index in [9.17, 15) is 4.79 Å². The van der Waals surface area contributed by atoms with Crippen molar-refractivity contribution in [1.29, 1.82) is 0 Å². The molecule has 2 aromatic carbocycles. The maximum atomic E-state index is 11.8. The smallest absolute Gasteiger partial charge is 0.245 e. The summed E-state index contributed by atoms with van der Waals surface area (Å²) in [6.45, 7) is 5.04. The Hall–Kier alpha value is -4.01. The van der Waals surface area contributed by atoms with Crippen molar-refractivity contribution >= 4 is 28.3 Å². The molecule has 3 aromatic rings. The van der Waals surface area contributed by atoms with Gasteiger partial charge in [-0.2, -0.15) is 0 Å². The lowest BCUT2D eigenvalue weighted by Crippen LogP contribution is -2.41. The van der Waals surface area contributed by atoms with Crippen LogP contribution in [0, 0.1) is 0 Å². The van der Waals surface area contributed by atoms with Gasteiger partial charge in [-0.3, -0.25) is 4.79 Å². The van der Waals surface area contributed by atoms with Gasteiger partial charge in [0.05, 0.1) is 12.6 Å². The molecule has 0 aliphatic carbocycles. The number of anilines is 2. The minimum absolute atomic E-state index is 0.0277. The number of hydrogen-bond acceptors (Lipinski definition) is 8. The Labute approximate surface area is 190 Å². The Balaban J connectivity index is 1.40. The SMILES string of the molecule is C=CC(=O)N1CCC(Oc2cc3c(Nc4ccc5c(c4)OCO5)ncnc3cc2OC)CC1. The zero-order chi connectivity index (χ0) is 22.8. The quantitative estimate of drug-likeness (QED) is 0.571. The second kappa shape index (κ2) is 8.85. The van der Waals surface area contributed by atoms with E-state index in [0.717, 1.165) is 29.4 Å². The Bertz CT molecular complexity index is 1210. The monoisotopic (exact) mass is 448 g/mol. The molecule has 9 heteroatoms. The number of ether oxygens (including phenoxy) is 4. The third-order valence-corrected chi connectivity index (χ3v) is 5.78. The molecule has 1 aromatic heterocycles. The highest BCUT2D eigenvalue weighted by atomic mass is 16.7. The maximum Gasteiger partial charge on any atom is 0.245 e. The number of nitrogens with zero attached hydrogens (tertiary/aromatic N) is 3. The lowest BCUT2D eigenvalue weighted by molar-refractivity contribution is -0.127. The number of carbonyl (C=O) groups excluding carboxylic acids is 1. The zero-order valence-electron chi connectivity index (χ0n) is 18.2. The molecule has 33 heavy (non-hydrogen) atoms. The number of nitrogens with one attached hydrogen (secondary N) is 1. The van der Waals surface area contributed by atoms with Crippen LogP contribution in [0.4, 0.5) is 11.5 Å². The summed E-state index contributed by atoms with van der Waals surface area (Å²) < 4.78 is 22.7. The van der Waals surface area contributed by atoms with E-state index in [1.807, 2.05) is 30.3 Å². The van der Waals surface area contributed by atoms with Gasteiger partial charge >= 0.3 is 0 Å². The Morgan fingerprint density at radius 2 is 1.97 bits per heavy atom. The van der Waals surface area contributed by atoms with Crippen LogP contribution in [-0.2, 0) is 4.79 Å². The molecule has 3 heterocycles. The van der Waals surface area contributed by atoms with Crippen molar-refractivity contribution in [2.75, 3.05) is 32.3 Å². The fraction of sp³-hybridized carbons (Fsp3) is 0.292. The number of methoxy groups -OCH3 is 1. The van der Waals surface area contributed by atoms with Gasteiger partial charge in [0, 0.05) is 49.1 Å². The Morgan fingerprint density at radius 1 is 1.15 bits per heavy atom. The minimum atomic E-state index is -0.0480. The van der Waals surface area contributed by atoms with Gasteiger partial charge in [0.2, 0.25) is 12.7 Å².